The van der Waals surface area contributed by atoms with Crippen LogP contribution in [0.15, 0.2) is 0 Å². The molecule has 2 rings (SSSR count). The van der Waals surface area contributed by atoms with Crippen molar-refractivity contribution in [1.82, 2.24) is 15.2 Å². The molecule has 1 fully saturated rings. The standard InChI is InChI=1S/C11H20N4/c1-8(6-7-12)2-5-10-13-11(15-14-10)9-3-4-9/h8-9H,2-7,12H2,1H3,(H,13,14,15). The first-order chi connectivity index (χ1) is 7.29. The van der Waals surface area contributed by atoms with Crippen LogP contribution in [0.2, 0.25) is 0 Å². The van der Waals surface area contributed by atoms with Crippen LogP contribution in [0.25, 0.3) is 0 Å². The molecule has 0 aromatic carbocycles. The number of aryl methyl sites for hydroxylation is 1. The first kappa shape index (κ1) is 10.6. The Hall–Kier alpha value is -0.900. The minimum Gasteiger partial charge on any atom is -0.330 e. The summed E-state index contributed by atoms with van der Waals surface area (Å²) in [5, 5.41) is 7.27. The molecule has 1 saturated carbocycles. The second-order valence-corrected chi connectivity index (χ2v) is 4.64. The van der Waals surface area contributed by atoms with E-state index < -0.39 is 0 Å². The van der Waals surface area contributed by atoms with Crippen LogP contribution >= 0.6 is 0 Å². The zero-order valence-electron chi connectivity index (χ0n) is 9.37. The van der Waals surface area contributed by atoms with Crippen molar-refractivity contribution in [2.75, 3.05) is 6.54 Å². The van der Waals surface area contributed by atoms with Gasteiger partial charge in [-0.15, -0.1) is 0 Å². The molecule has 4 heteroatoms. The lowest BCUT2D eigenvalue weighted by atomic mass is 10.0. The van der Waals surface area contributed by atoms with Gasteiger partial charge in [0.25, 0.3) is 0 Å². The van der Waals surface area contributed by atoms with Crippen LogP contribution in [-0.4, -0.2) is 21.7 Å². The Bertz CT molecular complexity index is 303. The molecule has 0 aliphatic heterocycles. The van der Waals surface area contributed by atoms with Crippen molar-refractivity contribution in [2.24, 2.45) is 11.7 Å². The van der Waals surface area contributed by atoms with Crippen LogP contribution < -0.4 is 5.73 Å². The highest BCUT2D eigenvalue weighted by atomic mass is 15.2. The van der Waals surface area contributed by atoms with E-state index in [2.05, 4.69) is 22.1 Å². The molecule has 1 atom stereocenters. The van der Waals surface area contributed by atoms with Crippen molar-refractivity contribution < 1.29 is 0 Å². The van der Waals surface area contributed by atoms with Gasteiger partial charge in [0.05, 0.1) is 0 Å². The van der Waals surface area contributed by atoms with Gasteiger partial charge in [-0.05, 0) is 38.1 Å². The lowest BCUT2D eigenvalue weighted by molar-refractivity contribution is 0.494. The average Bonchev–Trinajstić information content (AvgIpc) is 2.96. The van der Waals surface area contributed by atoms with Gasteiger partial charge in [0.1, 0.15) is 5.82 Å². The fourth-order valence-electron chi connectivity index (χ4n) is 1.76. The number of nitrogens with two attached hydrogens (primary N) is 1. The quantitative estimate of drug-likeness (QED) is 0.746. The van der Waals surface area contributed by atoms with E-state index in [0.29, 0.717) is 11.8 Å². The molecule has 0 spiro atoms. The van der Waals surface area contributed by atoms with Crippen molar-refractivity contribution in [1.29, 1.82) is 0 Å². The monoisotopic (exact) mass is 208 g/mol. The molecule has 1 aromatic rings. The van der Waals surface area contributed by atoms with E-state index in [-0.39, 0.29) is 0 Å². The van der Waals surface area contributed by atoms with E-state index in [1.165, 1.54) is 12.8 Å². The van der Waals surface area contributed by atoms with Crippen molar-refractivity contribution in [3.8, 4) is 0 Å². The summed E-state index contributed by atoms with van der Waals surface area (Å²) in [4.78, 5) is 4.51. The number of rotatable bonds is 6. The normalized spacial score (nSPS) is 18.0. The molecule has 1 aromatic heterocycles. The zero-order chi connectivity index (χ0) is 10.7. The number of hydrogen-bond donors (Lipinski definition) is 2. The van der Waals surface area contributed by atoms with Gasteiger partial charge in [0.15, 0.2) is 5.82 Å². The Morgan fingerprint density at radius 2 is 2.27 bits per heavy atom. The van der Waals surface area contributed by atoms with E-state index in [1.54, 1.807) is 0 Å². The van der Waals surface area contributed by atoms with Crippen molar-refractivity contribution in [2.45, 2.75) is 44.9 Å². The highest BCUT2D eigenvalue weighted by Gasteiger charge is 2.27. The molecule has 0 radical (unpaired) electrons. The van der Waals surface area contributed by atoms with Crippen LogP contribution in [0, 0.1) is 5.92 Å². The maximum Gasteiger partial charge on any atom is 0.153 e. The summed E-state index contributed by atoms with van der Waals surface area (Å²) >= 11 is 0. The first-order valence-corrected chi connectivity index (χ1v) is 5.91. The molecule has 84 valence electrons. The van der Waals surface area contributed by atoms with E-state index >= 15 is 0 Å². The number of nitrogens with zero attached hydrogens (tertiary/aromatic N) is 2. The van der Waals surface area contributed by atoms with E-state index in [0.717, 1.165) is 37.5 Å². The summed E-state index contributed by atoms with van der Waals surface area (Å²) in [7, 11) is 0. The molecule has 0 amide bonds. The lowest BCUT2D eigenvalue weighted by Crippen LogP contribution is -2.07. The highest BCUT2D eigenvalue weighted by molar-refractivity contribution is 5.04. The number of aromatic nitrogens is 3. The maximum atomic E-state index is 5.51. The van der Waals surface area contributed by atoms with Gasteiger partial charge in [0, 0.05) is 12.3 Å². The maximum absolute atomic E-state index is 5.51. The van der Waals surface area contributed by atoms with Gasteiger partial charge in [-0.3, -0.25) is 5.10 Å². The summed E-state index contributed by atoms with van der Waals surface area (Å²) in [6, 6.07) is 0. The Kier molecular flexibility index (Phi) is 3.36. The Morgan fingerprint density at radius 3 is 2.93 bits per heavy atom. The molecular weight excluding hydrogens is 188 g/mol. The summed E-state index contributed by atoms with van der Waals surface area (Å²) in [6.45, 7) is 3.02. The second kappa shape index (κ2) is 4.75. The van der Waals surface area contributed by atoms with Crippen LogP contribution in [0.3, 0.4) is 0 Å². The number of aromatic amines is 1. The van der Waals surface area contributed by atoms with Crippen molar-refractivity contribution in [3.63, 3.8) is 0 Å². The lowest BCUT2D eigenvalue weighted by Gasteiger charge is -2.07. The fourth-order valence-corrected chi connectivity index (χ4v) is 1.76. The topological polar surface area (TPSA) is 67.6 Å². The smallest absolute Gasteiger partial charge is 0.153 e. The Labute approximate surface area is 90.7 Å². The minimum absolute atomic E-state index is 0.650. The summed E-state index contributed by atoms with van der Waals surface area (Å²) in [5.41, 5.74) is 5.51. The summed E-state index contributed by atoms with van der Waals surface area (Å²) in [6.07, 6.45) is 5.78. The predicted octanol–water partition coefficient (Wildman–Crippen LogP) is 1.60. The van der Waals surface area contributed by atoms with Gasteiger partial charge in [-0.2, -0.15) is 5.10 Å². The third-order valence-electron chi connectivity index (χ3n) is 3.02. The molecule has 0 saturated heterocycles. The largest absolute Gasteiger partial charge is 0.330 e. The average molecular weight is 208 g/mol. The van der Waals surface area contributed by atoms with Gasteiger partial charge in [-0.1, -0.05) is 6.92 Å². The molecule has 3 N–H and O–H groups in total. The predicted molar refractivity (Wildman–Crippen MR) is 59.5 cm³/mol. The number of nitrogens with one attached hydrogen (secondary N) is 1. The zero-order valence-corrected chi connectivity index (χ0v) is 9.37. The van der Waals surface area contributed by atoms with Crippen LogP contribution in [0.1, 0.15) is 50.2 Å². The van der Waals surface area contributed by atoms with Crippen molar-refractivity contribution in [3.05, 3.63) is 11.6 Å². The molecule has 1 aliphatic carbocycles. The molecular formula is C11H20N4. The third kappa shape index (κ3) is 3.02. The summed E-state index contributed by atoms with van der Waals surface area (Å²) < 4.78 is 0. The first-order valence-electron chi connectivity index (χ1n) is 5.91. The van der Waals surface area contributed by atoms with Gasteiger partial charge in [0.2, 0.25) is 0 Å². The van der Waals surface area contributed by atoms with Crippen LogP contribution in [0.5, 0.6) is 0 Å². The van der Waals surface area contributed by atoms with Crippen LogP contribution in [-0.2, 0) is 6.42 Å². The van der Waals surface area contributed by atoms with E-state index in [4.69, 9.17) is 5.73 Å². The molecule has 1 aliphatic rings. The molecule has 4 nitrogen and oxygen atoms in total. The Morgan fingerprint density at radius 1 is 1.47 bits per heavy atom. The van der Waals surface area contributed by atoms with Gasteiger partial charge >= 0.3 is 0 Å². The van der Waals surface area contributed by atoms with Crippen LogP contribution in [0.4, 0.5) is 0 Å². The molecule has 15 heavy (non-hydrogen) atoms. The van der Waals surface area contributed by atoms with Gasteiger partial charge < -0.3 is 5.73 Å². The number of H-pyrrole nitrogens is 1. The second-order valence-electron chi connectivity index (χ2n) is 4.64. The third-order valence-corrected chi connectivity index (χ3v) is 3.02. The van der Waals surface area contributed by atoms with E-state index in [1.807, 2.05) is 0 Å². The SMILES string of the molecule is CC(CCN)CCc1nc(C2CC2)n[nH]1. The highest BCUT2D eigenvalue weighted by Crippen LogP contribution is 2.37. The van der Waals surface area contributed by atoms with E-state index in [9.17, 15) is 0 Å². The minimum atomic E-state index is 0.650. The summed E-state index contributed by atoms with van der Waals surface area (Å²) in [5.74, 6) is 3.40. The molecule has 1 unspecified atom stereocenters. The fraction of sp³-hybridized carbons (Fsp3) is 0.818. The Balaban J connectivity index is 1.77. The van der Waals surface area contributed by atoms with Gasteiger partial charge in [-0.25, -0.2) is 4.98 Å². The molecule has 0 bridgehead atoms. The molecule has 1 heterocycles. The van der Waals surface area contributed by atoms with Crippen molar-refractivity contribution >= 4 is 0 Å². The number of hydrogen-bond acceptors (Lipinski definition) is 3.